The van der Waals surface area contributed by atoms with Crippen LogP contribution in [-0.2, 0) is 4.74 Å². The van der Waals surface area contributed by atoms with Gasteiger partial charge in [0.1, 0.15) is 5.82 Å². The molecule has 2 N–H and O–H groups in total. The third kappa shape index (κ3) is 5.74. The second kappa shape index (κ2) is 10.1. The second-order valence-corrected chi connectivity index (χ2v) is 7.17. The number of carbonyl (C=O) groups excluding carboxylic acids is 1. The molecule has 1 aliphatic carbocycles. The minimum Gasteiger partial charge on any atom is -0.450 e. The lowest BCUT2D eigenvalue weighted by Crippen LogP contribution is -2.53. The highest BCUT2D eigenvalue weighted by atomic mass is 16.5. The Bertz CT molecular complexity index is 641. The van der Waals surface area contributed by atoms with Gasteiger partial charge >= 0.3 is 6.09 Å². The fourth-order valence-electron chi connectivity index (χ4n) is 3.43. The van der Waals surface area contributed by atoms with E-state index in [0.29, 0.717) is 19.1 Å². The van der Waals surface area contributed by atoms with E-state index in [-0.39, 0.29) is 12.1 Å². The molecule has 28 heavy (non-hydrogen) atoms. The third-order valence-corrected chi connectivity index (χ3v) is 5.09. The van der Waals surface area contributed by atoms with Crippen LogP contribution in [0.2, 0.25) is 0 Å². The zero-order chi connectivity index (χ0) is 19.8. The molecule has 0 aromatic carbocycles. The van der Waals surface area contributed by atoms with E-state index in [0.717, 1.165) is 57.3 Å². The Morgan fingerprint density at radius 2 is 2.07 bits per heavy atom. The number of piperazine rings is 1. The number of nitrogens with one attached hydrogen (secondary N) is 2. The summed E-state index contributed by atoms with van der Waals surface area (Å²) in [6.45, 7) is 9.28. The maximum absolute atomic E-state index is 11.8. The van der Waals surface area contributed by atoms with Gasteiger partial charge < -0.3 is 25.2 Å². The third-order valence-electron chi connectivity index (χ3n) is 5.09. The number of alkyl carbamates (subject to hydrolysis) is 1. The van der Waals surface area contributed by atoms with Gasteiger partial charge in [-0.2, -0.15) is 0 Å². The molecule has 1 atom stereocenters. The van der Waals surface area contributed by atoms with Gasteiger partial charge in [-0.3, -0.25) is 4.99 Å². The number of aromatic nitrogens is 1. The summed E-state index contributed by atoms with van der Waals surface area (Å²) in [5.74, 6) is 2.45. The Hall–Kier alpha value is -2.51. The average Bonchev–Trinajstić information content (AvgIpc) is 3.56. The van der Waals surface area contributed by atoms with Gasteiger partial charge in [0.25, 0.3) is 0 Å². The molecule has 0 bridgehead atoms. The number of aliphatic imine (C=N–C) groups is 1. The number of anilines is 1. The lowest BCUT2D eigenvalue weighted by Gasteiger charge is -2.37. The fourth-order valence-corrected chi connectivity index (χ4v) is 3.43. The van der Waals surface area contributed by atoms with E-state index in [1.807, 2.05) is 25.3 Å². The normalized spacial score (nSPS) is 18.6. The van der Waals surface area contributed by atoms with Crippen molar-refractivity contribution >= 4 is 17.9 Å². The number of ether oxygens (including phenoxy) is 1. The summed E-state index contributed by atoms with van der Waals surface area (Å²) in [6, 6.07) is 6.06. The van der Waals surface area contributed by atoms with E-state index in [4.69, 9.17) is 9.73 Å². The number of rotatable bonds is 7. The Balaban J connectivity index is 1.57. The molecule has 1 aromatic heterocycles. The zero-order valence-electron chi connectivity index (χ0n) is 16.9. The maximum atomic E-state index is 11.8. The fraction of sp³-hybridized carbons (Fsp3) is 0.650. The van der Waals surface area contributed by atoms with E-state index in [9.17, 15) is 4.79 Å². The van der Waals surface area contributed by atoms with Crippen LogP contribution in [0.4, 0.5) is 10.6 Å². The van der Waals surface area contributed by atoms with Crippen molar-refractivity contribution in [3.63, 3.8) is 0 Å². The number of nitrogens with zero attached hydrogens (tertiary/aromatic N) is 4. The van der Waals surface area contributed by atoms with Crippen molar-refractivity contribution in [2.75, 3.05) is 50.8 Å². The topological polar surface area (TPSA) is 82.1 Å². The van der Waals surface area contributed by atoms with Gasteiger partial charge in [-0.1, -0.05) is 6.07 Å². The Labute approximate surface area is 167 Å². The van der Waals surface area contributed by atoms with Crippen molar-refractivity contribution in [2.24, 2.45) is 10.9 Å². The van der Waals surface area contributed by atoms with Gasteiger partial charge in [-0.25, -0.2) is 9.78 Å². The molecule has 1 aromatic rings. The first-order chi connectivity index (χ1) is 13.7. The standard InChI is InChI=1S/C20H32N6O2/c1-3-21-19(23-15-17(16-8-9-16)24-20(27)28-4-2)26-13-11-25(12-14-26)18-7-5-6-10-22-18/h5-7,10,16-17H,3-4,8-9,11-15H2,1-2H3,(H,21,23)(H,24,27). The number of hydrogen-bond acceptors (Lipinski definition) is 5. The highest BCUT2D eigenvalue weighted by Crippen LogP contribution is 2.32. The van der Waals surface area contributed by atoms with Crippen molar-refractivity contribution in [1.82, 2.24) is 20.5 Å². The van der Waals surface area contributed by atoms with Crippen LogP contribution in [0.25, 0.3) is 0 Å². The highest BCUT2D eigenvalue weighted by Gasteiger charge is 2.33. The number of carbonyl (C=O) groups is 1. The van der Waals surface area contributed by atoms with E-state index >= 15 is 0 Å². The number of amides is 1. The number of hydrogen-bond donors (Lipinski definition) is 2. The molecule has 2 aliphatic rings. The molecule has 1 saturated carbocycles. The molecule has 1 saturated heterocycles. The molecule has 2 heterocycles. The van der Waals surface area contributed by atoms with Crippen molar-refractivity contribution in [3.8, 4) is 0 Å². The van der Waals surface area contributed by atoms with E-state index in [1.54, 1.807) is 0 Å². The predicted molar refractivity (Wildman–Crippen MR) is 111 cm³/mol. The monoisotopic (exact) mass is 388 g/mol. The average molecular weight is 389 g/mol. The quantitative estimate of drug-likeness (QED) is 0.546. The van der Waals surface area contributed by atoms with E-state index in [1.165, 1.54) is 0 Å². The Morgan fingerprint density at radius 1 is 1.29 bits per heavy atom. The molecule has 1 unspecified atom stereocenters. The predicted octanol–water partition coefficient (Wildman–Crippen LogP) is 1.69. The van der Waals surface area contributed by atoms with E-state index in [2.05, 4.69) is 38.4 Å². The molecule has 1 aliphatic heterocycles. The maximum Gasteiger partial charge on any atom is 0.407 e. The van der Waals surface area contributed by atoms with Gasteiger partial charge in [0.2, 0.25) is 0 Å². The molecular formula is C20H32N6O2. The van der Waals surface area contributed by atoms with Crippen LogP contribution in [0.1, 0.15) is 26.7 Å². The van der Waals surface area contributed by atoms with Gasteiger partial charge in [0.05, 0.1) is 19.2 Å². The van der Waals surface area contributed by atoms with Crippen molar-refractivity contribution in [2.45, 2.75) is 32.7 Å². The molecule has 0 radical (unpaired) electrons. The van der Waals surface area contributed by atoms with Gasteiger partial charge in [-0.15, -0.1) is 0 Å². The zero-order valence-corrected chi connectivity index (χ0v) is 16.9. The van der Waals surface area contributed by atoms with Crippen LogP contribution in [0.5, 0.6) is 0 Å². The van der Waals surface area contributed by atoms with Crippen LogP contribution < -0.4 is 15.5 Å². The number of pyridine rings is 1. The summed E-state index contributed by atoms with van der Waals surface area (Å²) in [4.78, 5) is 25.7. The minimum absolute atomic E-state index is 0.0440. The summed E-state index contributed by atoms with van der Waals surface area (Å²) in [5, 5.41) is 6.38. The van der Waals surface area contributed by atoms with Gasteiger partial charge in [0, 0.05) is 38.9 Å². The van der Waals surface area contributed by atoms with Crippen molar-refractivity contribution in [1.29, 1.82) is 0 Å². The lowest BCUT2D eigenvalue weighted by atomic mass is 10.2. The van der Waals surface area contributed by atoms with Crippen LogP contribution >= 0.6 is 0 Å². The molecule has 154 valence electrons. The van der Waals surface area contributed by atoms with Gasteiger partial charge in [-0.05, 0) is 44.7 Å². The summed E-state index contributed by atoms with van der Waals surface area (Å²) >= 11 is 0. The molecule has 3 rings (SSSR count). The van der Waals surface area contributed by atoms with Crippen LogP contribution in [0.15, 0.2) is 29.4 Å². The highest BCUT2D eigenvalue weighted by molar-refractivity contribution is 5.80. The van der Waals surface area contributed by atoms with Crippen LogP contribution in [-0.4, -0.2) is 73.9 Å². The SMILES string of the molecule is CCNC(=NCC(NC(=O)OCC)C1CC1)N1CCN(c2ccccn2)CC1. The van der Waals surface area contributed by atoms with E-state index < -0.39 is 0 Å². The van der Waals surface area contributed by atoms with Crippen molar-refractivity contribution in [3.05, 3.63) is 24.4 Å². The van der Waals surface area contributed by atoms with Crippen molar-refractivity contribution < 1.29 is 9.53 Å². The molecular weight excluding hydrogens is 356 g/mol. The molecule has 8 nitrogen and oxygen atoms in total. The summed E-state index contributed by atoms with van der Waals surface area (Å²) in [7, 11) is 0. The summed E-state index contributed by atoms with van der Waals surface area (Å²) in [6.07, 6.45) is 3.78. The smallest absolute Gasteiger partial charge is 0.407 e. The molecule has 8 heteroatoms. The first kappa shape index (κ1) is 20.2. The Morgan fingerprint density at radius 3 is 2.68 bits per heavy atom. The van der Waals surface area contributed by atoms with Crippen LogP contribution in [0, 0.1) is 5.92 Å². The largest absolute Gasteiger partial charge is 0.450 e. The van der Waals surface area contributed by atoms with Gasteiger partial charge in [0.15, 0.2) is 5.96 Å². The first-order valence-electron chi connectivity index (χ1n) is 10.3. The second-order valence-electron chi connectivity index (χ2n) is 7.17. The molecule has 1 amide bonds. The van der Waals surface area contributed by atoms with Crippen LogP contribution in [0.3, 0.4) is 0 Å². The molecule has 2 fully saturated rings. The summed E-state index contributed by atoms with van der Waals surface area (Å²) < 4.78 is 5.04. The summed E-state index contributed by atoms with van der Waals surface area (Å²) in [5.41, 5.74) is 0. The Kier molecular flexibility index (Phi) is 7.33. The lowest BCUT2D eigenvalue weighted by molar-refractivity contribution is 0.147. The number of guanidine groups is 1. The molecule has 0 spiro atoms. The first-order valence-corrected chi connectivity index (χ1v) is 10.3. The minimum atomic E-state index is -0.344.